The van der Waals surface area contributed by atoms with Crippen LogP contribution in [-0.4, -0.2) is 18.0 Å². The number of halogens is 1. The second kappa shape index (κ2) is 6.80. The topological polar surface area (TPSA) is 54.5 Å². The fraction of sp³-hybridized carbons (Fsp3) is 0.100. The molecule has 0 radical (unpaired) electrons. The Kier molecular flexibility index (Phi) is 4.34. The molecule has 1 unspecified atom stereocenters. The highest BCUT2D eigenvalue weighted by atomic mass is 79.9. The van der Waals surface area contributed by atoms with Gasteiger partial charge in [0, 0.05) is 22.0 Å². The van der Waals surface area contributed by atoms with Gasteiger partial charge in [0.05, 0.1) is 18.4 Å². The van der Waals surface area contributed by atoms with Crippen molar-refractivity contribution in [2.45, 2.75) is 6.17 Å². The van der Waals surface area contributed by atoms with E-state index in [0.29, 0.717) is 5.56 Å². The Labute approximate surface area is 159 Å². The Bertz CT molecular complexity index is 942. The van der Waals surface area contributed by atoms with E-state index in [2.05, 4.69) is 26.2 Å². The largest absolute Gasteiger partial charge is 0.497 e. The molecule has 1 amide bonds. The maximum atomic E-state index is 13.0. The Morgan fingerprint density at radius 1 is 1.08 bits per heavy atom. The Balaban J connectivity index is 1.75. The van der Waals surface area contributed by atoms with Crippen LogP contribution in [0, 0.1) is 0 Å². The molecule has 3 aromatic rings. The van der Waals surface area contributed by atoms with Crippen LogP contribution in [0.4, 0.5) is 11.4 Å². The van der Waals surface area contributed by atoms with Crippen LogP contribution >= 0.6 is 15.9 Å². The van der Waals surface area contributed by atoms with Crippen molar-refractivity contribution in [2.24, 2.45) is 0 Å². The summed E-state index contributed by atoms with van der Waals surface area (Å²) in [6, 6.07) is 18.9. The van der Waals surface area contributed by atoms with E-state index in [0.717, 1.165) is 27.3 Å². The van der Waals surface area contributed by atoms with Gasteiger partial charge in [-0.25, -0.2) is 0 Å². The summed E-state index contributed by atoms with van der Waals surface area (Å²) in [7, 11) is 1.62. The molecule has 6 heteroatoms. The number of ether oxygens (including phenoxy) is 1. The van der Waals surface area contributed by atoms with Gasteiger partial charge in [-0.1, -0.05) is 15.9 Å². The summed E-state index contributed by atoms with van der Waals surface area (Å²) in [5, 5.41) is 3.42. The average molecular weight is 410 g/mol. The summed E-state index contributed by atoms with van der Waals surface area (Å²) in [4.78, 5) is 19.2. The highest BCUT2D eigenvalue weighted by Crippen LogP contribution is 2.37. The van der Waals surface area contributed by atoms with E-state index >= 15 is 0 Å². The summed E-state index contributed by atoms with van der Waals surface area (Å²) >= 11 is 3.44. The van der Waals surface area contributed by atoms with Crippen molar-refractivity contribution in [3.8, 4) is 5.75 Å². The van der Waals surface area contributed by atoms with E-state index in [1.807, 2.05) is 54.6 Å². The molecule has 2 aromatic carbocycles. The molecule has 1 aromatic heterocycles. The van der Waals surface area contributed by atoms with Crippen LogP contribution in [0.5, 0.6) is 5.75 Å². The number of methoxy groups -OCH3 is 1. The maximum Gasteiger partial charge on any atom is 0.262 e. The number of pyridine rings is 1. The van der Waals surface area contributed by atoms with Crippen molar-refractivity contribution in [3.05, 3.63) is 82.6 Å². The molecule has 0 aliphatic carbocycles. The van der Waals surface area contributed by atoms with E-state index in [4.69, 9.17) is 4.74 Å². The molecule has 1 atom stereocenters. The molecular weight excluding hydrogens is 394 g/mol. The predicted octanol–water partition coefficient (Wildman–Crippen LogP) is 4.62. The molecule has 0 bridgehead atoms. The number of hydrogen-bond donors (Lipinski definition) is 1. The third kappa shape index (κ3) is 2.93. The van der Waals surface area contributed by atoms with Gasteiger partial charge in [-0.05, 0) is 60.7 Å². The number of rotatable bonds is 4. The van der Waals surface area contributed by atoms with Gasteiger partial charge in [0.1, 0.15) is 5.75 Å². The van der Waals surface area contributed by atoms with Crippen LogP contribution in [0.1, 0.15) is 22.2 Å². The molecule has 1 aliphatic rings. The number of nitrogens with one attached hydrogen (secondary N) is 1. The molecule has 0 spiro atoms. The Morgan fingerprint density at radius 2 is 1.81 bits per heavy atom. The van der Waals surface area contributed by atoms with Crippen LogP contribution in [0.2, 0.25) is 0 Å². The molecular formula is C20H16BrN3O2. The highest BCUT2D eigenvalue weighted by molar-refractivity contribution is 9.10. The van der Waals surface area contributed by atoms with Crippen LogP contribution in [0.25, 0.3) is 0 Å². The third-order valence-corrected chi connectivity index (χ3v) is 4.83. The number of anilines is 2. The molecule has 0 saturated heterocycles. The lowest BCUT2D eigenvalue weighted by molar-refractivity contribution is 0.0993. The zero-order chi connectivity index (χ0) is 18.1. The van der Waals surface area contributed by atoms with Crippen LogP contribution < -0.4 is 15.0 Å². The van der Waals surface area contributed by atoms with Gasteiger partial charge >= 0.3 is 0 Å². The third-order valence-electron chi connectivity index (χ3n) is 4.30. The summed E-state index contributed by atoms with van der Waals surface area (Å²) in [6.45, 7) is 0. The first-order valence-corrected chi connectivity index (χ1v) is 8.91. The number of carbonyl (C=O) groups is 1. The summed E-state index contributed by atoms with van der Waals surface area (Å²) in [5.74, 6) is 0.668. The SMILES string of the molecule is COc1ccc(N2C(=O)c3cccnc3C2Nc2ccc(Br)cc2)cc1. The van der Waals surface area contributed by atoms with Crippen LogP contribution in [0.15, 0.2) is 71.3 Å². The van der Waals surface area contributed by atoms with Crippen molar-refractivity contribution in [2.75, 3.05) is 17.3 Å². The maximum absolute atomic E-state index is 13.0. The number of carbonyl (C=O) groups excluding carboxylic acids is 1. The molecule has 4 rings (SSSR count). The van der Waals surface area contributed by atoms with Crippen molar-refractivity contribution in [3.63, 3.8) is 0 Å². The molecule has 0 saturated carbocycles. The number of benzene rings is 2. The molecule has 0 fully saturated rings. The smallest absolute Gasteiger partial charge is 0.262 e. The fourth-order valence-corrected chi connectivity index (χ4v) is 3.30. The van der Waals surface area contributed by atoms with Gasteiger partial charge in [0.25, 0.3) is 5.91 Å². The van der Waals surface area contributed by atoms with Crippen molar-refractivity contribution >= 4 is 33.2 Å². The molecule has 5 nitrogen and oxygen atoms in total. The summed E-state index contributed by atoms with van der Waals surface area (Å²) in [6.07, 6.45) is 1.33. The van der Waals surface area contributed by atoms with Crippen molar-refractivity contribution < 1.29 is 9.53 Å². The van der Waals surface area contributed by atoms with E-state index in [1.54, 1.807) is 24.3 Å². The normalized spacial score (nSPS) is 15.7. The quantitative estimate of drug-likeness (QED) is 0.682. The first kappa shape index (κ1) is 16.6. The number of hydrogen-bond acceptors (Lipinski definition) is 4. The lowest BCUT2D eigenvalue weighted by Crippen LogP contribution is -2.32. The van der Waals surface area contributed by atoms with E-state index in [9.17, 15) is 4.79 Å². The number of amides is 1. The van der Waals surface area contributed by atoms with Crippen LogP contribution in [-0.2, 0) is 0 Å². The summed E-state index contributed by atoms with van der Waals surface area (Å²) in [5.41, 5.74) is 3.01. The second-order valence-corrected chi connectivity index (χ2v) is 6.78. The average Bonchev–Trinajstić information content (AvgIpc) is 2.96. The van der Waals surface area contributed by atoms with Gasteiger partial charge < -0.3 is 10.1 Å². The minimum absolute atomic E-state index is 0.0760. The number of aromatic nitrogens is 1. The number of nitrogens with zero attached hydrogens (tertiary/aromatic N) is 2. The zero-order valence-corrected chi connectivity index (χ0v) is 15.6. The van der Waals surface area contributed by atoms with Gasteiger partial charge in [-0.2, -0.15) is 0 Å². The first-order valence-electron chi connectivity index (χ1n) is 8.12. The lowest BCUT2D eigenvalue weighted by Gasteiger charge is -2.26. The molecule has 2 heterocycles. The van der Waals surface area contributed by atoms with Crippen molar-refractivity contribution in [1.29, 1.82) is 0 Å². The molecule has 1 N–H and O–H groups in total. The van der Waals surface area contributed by atoms with Gasteiger partial charge in [-0.15, -0.1) is 0 Å². The van der Waals surface area contributed by atoms with Gasteiger partial charge in [-0.3, -0.25) is 14.7 Å². The van der Waals surface area contributed by atoms with Crippen LogP contribution in [0.3, 0.4) is 0 Å². The molecule has 26 heavy (non-hydrogen) atoms. The van der Waals surface area contributed by atoms with E-state index < -0.39 is 0 Å². The molecule has 1 aliphatic heterocycles. The monoisotopic (exact) mass is 409 g/mol. The second-order valence-electron chi connectivity index (χ2n) is 5.86. The van der Waals surface area contributed by atoms with Gasteiger partial charge in [0.2, 0.25) is 0 Å². The van der Waals surface area contributed by atoms with Crippen molar-refractivity contribution in [1.82, 2.24) is 4.98 Å². The highest BCUT2D eigenvalue weighted by Gasteiger charge is 2.38. The first-order chi connectivity index (χ1) is 12.7. The van der Waals surface area contributed by atoms with E-state index in [1.165, 1.54) is 0 Å². The summed E-state index contributed by atoms with van der Waals surface area (Å²) < 4.78 is 6.21. The Morgan fingerprint density at radius 3 is 2.50 bits per heavy atom. The Hall–Kier alpha value is -2.86. The standard InChI is InChI=1S/C20H16BrN3O2/c1-26-16-10-8-15(9-11-16)24-19(23-14-6-4-13(21)5-7-14)18-17(20(24)25)3-2-12-22-18/h2-12,19,23H,1H3. The van der Waals surface area contributed by atoms with Gasteiger partial charge in [0.15, 0.2) is 6.17 Å². The lowest BCUT2D eigenvalue weighted by atomic mass is 10.2. The minimum atomic E-state index is -0.381. The minimum Gasteiger partial charge on any atom is -0.497 e. The predicted molar refractivity (Wildman–Crippen MR) is 105 cm³/mol. The van der Waals surface area contributed by atoms with E-state index in [-0.39, 0.29) is 12.1 Å². The fourth-order valence-electron chi connectivity index (χ4n) is 3.03. The molecule has 130 valence electrons. The number of fused-ring (bicyclic) bond motifs is 1. The zero-order valence-electron chi connectivity index (χ0n) is 14.0.